The summed E-state index contributed by atoms with van der Waals surface area (Å²) in [6.07, 6.45) is 0. The number of nitrogens with one attached hydrogen (secondary N) is 1. The molecular weight excluding hydrogens is 402 g/mol. The van der Waals surface area contributed by atoms with E-state index in [4.69, 9.17) is 15.2 Å². The number of ether oxygens (including phenoxy) is 2. The lowest BCUT2D eigenvalue weighted by Gasteiger charge is -2.16. The van der Waals surface area contributed by atoms with Crippen molar-refractivity contribution in [1.29, 1.82) is 0 Å². The fourth-order valence-electron chi connectivity index (χ4n) is 3.81. The number of amides is 1. The average Bonchev–Trinajstić information content (AvgIpc) is 3.17. The van der Waals surface area contributed by atoms with E-state index in [2.05, 4.69) is 34.5 Å². The predicted octanol–water partition coefficient (Wildman–Crippen LogP) is 2.42. The zero-order chi connectivity index (χ0) is 20.5. The van der Waals surface area contributed by atoms with Crippen molar-refractivity contribution in [2.24, 2.45) is 11.7 Å². The van der Waals surface area contributed by atoms with E-state index in [0.717, 1.165) is 24.4 Å². The molecule has 2 aromatic carbocycles. The minimum atomic E-state index is 0. The van der Waals surface area contributed by atoms with Gasteiger partial charge in [0.25, 0.3) is 0 Å². The lowest BCUT2D eigenvalue weighted by Crippen LogP contribution is -2.36. The smallest absolute Gasteiger partial charge is 0.234 e. The van der Waals surface area contributed by atoms with Crippen molar-refractivity contribution in [3.05, 3.63) is 65.7 Å². The van der Waals surface area contributed by atoms with Gasteiger partial charge in [-0.05, 0) is 35.7 Å². The first-order valence-corrected chi connectivity index (χ1v) is 10.1. The van der Waals surface area contributed by atoms with Crippen LogP contribution in [0.4, 0.5) is 0 Å². The zero-order valence-electron chi connectivity index (χ0n) is 17.5. The first-order valence-electron chi connectivity index (χ1n) is 10.1. The molecule has 6 nitrogen and oxygen atoms in total. The van der Waals surface area contributed by atoms with Crippen molar-refractivity contribution in [2.75, 3.05) is 46.5 Å². The summed E-state index contributed by atoms with van der Waals surface area (Å²) in [5, 5.41) is 3.01. The van der Waals surface area contributed by atoms with Crippen LogP contribution >= 0.6 is 12.4 Å². The molecule has 7 heteroatoms. The van der Waals surface area contributed by atoms with E-state index >= 15 is 0 Å². The average molecular weight is 434 g/mol. The van der Waals surface area contributed by atoms with Gasteiger partial charge in [0.05, 0.1) is 13.2 Å². The van der Waals surface area contributed by atoms with Crippen LogP contribution in [-0.4, -0.2) is 57.3 Å². The van der Waals surface area contributed by atoms with Crippen LogP contribution in [0.1, 0.15) is 17.0 Å². The van der Waals surface area contributed by atoms with Crippen molar-refractivity contribution in [3.63, 3.8) is 0 Å². The van der Waals surface area contributed by atoms with Crippen LogP contribution in [0.3, 0.4) is 0 Å². The molecule has 1 amide bonds. The van der Waals surface area contributed by atoms with E-state index < -0.39 is 0 Å². The quantitative estimate of drug-likeness (QED) is 0.563. The normalized spacial score (nSPS) is 18.6. The molecule has 3 N–H and O–H groups in total. The fourth-order valence-corrected chi connectivity index (χ4v) is 3.81. The van der Waals surface area contributed by atoms with Gasteiger partial charge >= 0.3 is 0 Å². The summed E-state index contributed by atoms with van der Waals surface area (Å²) in [6.45, 7) is 4.35. The number of likely N-dealkylation sites (tertiary alicyclic amines) is 1. The topological polar surface area (TPSA) is 76.8 Å². The summed E-state index contributed by atoms with van der Waals surface area (Å²) in [5.74, 6) is 1.61. The van der Waals surface area contributed by atoms with Crippen LogP contribution in [0, 0.1) is 5.92 Å². The Morgan fingerprint density at radius 3 is 2.50 bits per heavy atom. The number of rotatable bonds is 10. The van der Waals surface area contributed by atoms with Crippen LogP contribution in [-0.2, 0) is 16.1 Å². The molecule has 2 aromatic rings. The molecule has 0 spiro atoms. The molecule has 30 heavy (non-hydrogen) atoms. The minimum absolute atomic E-state index is 0. The van der Waals surface area contributed by atoms with Crippen molar-refractivity contribution in [2.45, 2.75) is 12.5 Å². The second-order valence-corrected chi connectivity index (χ2v) is 7.47. The highest BCUT2D eigenvalue weighted by Gasteiger charge is 2.33. The van der Waals surface area contributed by atoms with Crippen molar-refractivity contribution in [1.82, 2.24) is 10.2 Å². The van der Waals surface area contributed by atoms with Gasteiger partial charge in [-0.15, -0.1) is 12.4 Å². The number of hydrogen-bond donors (Lipinski definition) is 2. The highest BCUT2D eigenvalue weighted by Crippen LogP contribution is 2.31. The van der Waals surface area contributed by atoms with Gasteiger partial charge in [-0.3, -0.25) is 9.69 Å². The van der Waals surface area contributed by atoms with Crippen LogP contribution in [0.15, 0.2) is 54.6 Å². The molecule has 0 aromatic heterocycles. The third-order valence-corrected chi connectivity index (χ3v) is 5.38. The Morgan fingerprint density at radius 1 is 1.10 bits per heavy atom. The van der Waals surface area contributed by atoms with E-state index in [1.54, 1.807) is 7.11 Å². The molecule has 0 radical (unpaired) electrons. The van der Waals surface area contributed by atoms with E-state index in [1.807, 2.05) is 30.3 Å². The Balaban J connectivity index is 0.00000320. The molecule has 1 saturated heterocycles. The molecule has 1 aliphatic rings. The van der Waals surface area contributed by atoms with E-state index in [0.29, 0.717) is 44.7 Å². The molecule has 1 aliphatic heterocycles. The molecule has 0 aliphatic carbocycles. The summed E-state index contributed by atoms with van der Waals surface area (Å²) in [5.41, 5.74) is 8.34. The monoisotopic (exact) mass is 433 g/mol. The maximum atomic E-state index is 12.4. The molecule has 2 atom stereocenters. The van der Waals surface area contributed by atoms with Crippen molar-refractivity contribution in [3.8, 4) is 5.75 Å². The van der Waals surface area contributed by atoms with Gasteiger partial charge < -0.3 is 20.5 Å². The van der Waals surface area contributed by atoms with Crippen LogP contribution < -0.4 is 15.8 Å². The van der Waals surface area contributed by atoms with Gasteiger partial charge in [-0.1, -0.05) is 42.5 Å². The molecule has 1 heterocycles. The summed E-state index contributed by atoms with van der Waals surface area (Å²) in [7, 11) is 1.65. The summed E-state index contributed by atoms with van der Waals surface area (Å²) < 4.78 is 10.5. The lowest BCUT2D eigenvalue weighted by atomic mass is 9.89. The Kier molecular flexibility index (Phi) is 10.1. The van der Waals surface area contributed by atoms with Crippen LogP contribution in [0.25, 0.3) is 0 Å². The van der Waals surface area contributed by atoms with Crippen LogP contribution in [0.2, 0.25) is 0 Å². The molecule has 0 bridgehead atoms. The number of benzene rings is 2. The van der Waals surface area contributed by atoms with Crippen LogP contribution in [0.5, 0.6) is 5.75 Å². The van der Waals surface area contributed by atoms with E-state index in [-0.39, 0.29) is 18.3 Å². The number of hydrogen-bond acceptors (Lipinski definition) is 5. The Bertz CT molecular complexity index is 758. The third kappa shape index (κ3) is 6.99. The second-order valence-electron chi connectivity index (χ2n) is 7.47. The first-order chi connectivity index (χ1) is 14.2. The Hall–Kier alpha value is -2.12. The summed E-state index contributed by atoms with van der Waals surface area (Å²) in [4.78, 5) is 14.6. The van der Waals surface area contributed by atoms with Crippen molar-refractivity contribution >= 4 is 18.3 Å². The van der Waals surface area contributed by atoms with Gasteiger partial charge in [0.15, 0.2) is 0 Å². The number of halogens is 1. The molecular formula is C23H32ClN3O3. The predicted molar refractivity (Wildman–Crippen MR) is 121 cm³/mol. The number of nitrogens with zero attached hydrogens (tertiary/aromatic N) is 1. The van der Waals surface area contributed by atoms with Gasteiger partial charge in [-0.2, -0.15) is 0 Å². The Morgan fingerprint density at radius 2 is 1.83 bits per heavy atom. The fraction of sp³-hybridized carbons (Fsp3) is 0.435. The highest BCUT2D eigenvalue weighted by atomic mass is 35.5. The van der Waals surface area contributed by atoms with Gasteiger partial charge in [0, 0.05) is 32.7 Å². The first kappa shape index (κ1) is 24.2. The molecule has 0 unspecified atom stereocenters. The Labute approximate surface area is 185 Å². The maximum absolute atomic E-state index is 12.4. The van der Waals surface area contributed by atoms with E-state index in [9.17, 15) is 4.79 Å². The molecule has 1 fully saturated rings. The van der Waals surface area contributed by atoms with Gasteiger partial charge in [-0.25, -0.2) is 0 Å². The summed E-state index contributed by atoms with van der Waals surface area (Å²) >= 11 is 0. The number of nitrogens with two attached hydrogens (primary N) is 1. The molecule has 0 saturated carbocycles. The zero-order valence-corrected chi connectivity index (χ0v) is 18.3. The maximum Gasteiger partial charge on any atom is 0.234 e. The van der Waals surface area contributed by atoms with Gasteiger partial charge in [0.2, 0.25) is 5.91 Å². The number of carbonyl (C=O) groups excluding carboxylic acids is 1. The number of carbonyl (C=O) groups is 1. The number of methoxy groups -OCH3 is 1. The minimum Gasteiger partial charge on any atom is -0.491 e. The van der Waals surface area contributed by atoms with Crippen molar-refractivity contribution < 1.29 is 14.3 Å². The highest BCUT2D eigenvalue weighted by molar-refractivity contribution is 5.85. The van der Waals surface area contributed by atoms with Gasteiger partial charge in [0.1, 0.15) is 12.4 Å². The second kappa shape index (κ2) is 12.5. The van der Waals surface area contributed by atoms with E-state index in [1.165, 1.54) is 5.56 Å². The molecule has 3 rings (SSSR count). The third-order valence-electron chi connectivity index (χ3n) is 5.38. The lowest BCUT2D eigenvalue weighted by molar-refractivity contribution is -0.122. The SMILES string of the molecule is COCCOc1ccc(CNC(=O)CN2C[C@@H](CN)[C@H](c3ccccc3)C2)cc1.Cl. The largest absolute Gasteiger partial charge is 0.491 e. The molecule has 164 valence electrons. The standard InChI is InChI=1S/C23H31N3O3.ClH/c1-28-11-12-29-21-9-7-18(8-10-21)14-25-23(27)17-26-15-20(13-24)22(16-26)19-5-3-2-4-6-19;/h2-10,20,22H,11-17,24H2,1H3,(H,25,27);1H/t20-,22+;/m1./s1. The summed E-state index contributed by atoms with van der Waals surface area (Å²) in [6, 6.07) is 18.2.